The molecule has 2 aromatic rings. The van der Waals surface area contributed by atoms with Gasteiger partial charge in [0.2, 0.25) is 0 Å². The second-order valence-electron chi connectivity index (χ2n) is 3.28. The third-order valence-electron chi connectivity index (χ3n) is 2.04. The van der Waals surface area contributed by atoms with E-state index in [0.29, 0.717) is 21.5 Å². The lowest BCUT2D eigenvalue weighted by molar-refractivity contribution is 0.102. The number of hydrogen-bond donors (Lipinski definition) is 2. The van der Waals surface area contributed by atoms with Gasteiger partial charge in [0.05, 0.1) is 11.8 Å². The van der Waals surface area contributed by atoms with Gasteiger partial charge in [-0.1, -0.05) is 0 Å². The number of carbonyl (C=O) groups excluding carboxylic acids is 1. The summed E-state index contributed by atoms with van der Waals surface area (Å²) in [7, 11) is 0. The molecule has 1 heterocycles. The van der Waals surface area contributed by atoms with Crippen LogP contribution in [0.1, 0.15) is 10.4 Å². The predicted octanol–water partition coefficient (Wildman–Crippen LogP) is 2.07. The van der Waals surface area contributed by atoms with Gasteiger partial charge in [0, 0.05) is 22.6 Å². The highest BCUT2D eigenvalue weighted by Gasteiger charge is 2.11. The van der Waals surface area contributed by atoms with Crippen molar-refractivity contribution >= 4 is 33.3 Å². The molecule has 0 atom stereocenters. The van der Waals surface area contributed by atoms with E-state index in [1.807, 2.05) is 0 Å². The highest BCUT2D eigenvalue weighted by atomic mass is 79.9. The van der Waals surface area contributed by atoms with E-state index in [4.69, 9.17) is 5.73 Å². The van der Waals surface area contributed by atoms with Crippen LogP contribution < -0.4 is 11.1 Å². The first-order chi connectivity index (χ1) is 8.16. The maximum Gasteiger partial charge on any atom is 0.258 e. The summed E-state index contributed by atoms with van der Waals surface area (Å²) in [6.07, 6.45) is 4.51. The molecule has 0 saturated carbocycles. The normalized spacial score (nSPS) is 9.94. The van der Waals surface area contributed by atoms with E-state index in [1.54, 1.807) is 18.2 Å². The van der Waals surface area contributed by atoms with Gasteiger partial charge in [-0.25, -0.2) is 4.98 Å². The monoisotopic (exact) mass is 292 g/mol. The van der Waals surface area contributed by atoms with E-state index < -0.39 is 0 Å². The van der Waals surface area contributed by atoms with Gasteiger partial charge in [0.1, 0.15) is 0 Å². The van der Waals surface area contributed by atoms with Crippen molar-refractivity contribution in [2.24, 2.45) is 0 Å². The average Bonchev–Trinajstić information content (AvgIpc) is 2.33. The lowest BCUT2D eigenvalue weighted by Crippen LogP contribution is -2.14. The molecule has 2 rings (SSSR count). The molecular formula is C11H9BrN4O. The predicted molar refractivity (Wildman–Crippen MR) is 68.5 cm³/mol. The second kappa shape index (κ2) is 4.92. The first-order valence-corrected chi connectivity index (χ1v) is 5.58. The molecule has 0 saturated heterocycles. The van der Waals surface area contributed by atoms with Crippen molar-refractivity contribution in [1.82, 2.24) is 9.97 Å². The molecule has 0 unspecified atom stereocenters. The Morgan fingerprint density at radius 3 is 2.88 bits per heavy atom. The number of aromatic nitrogens is 2. The molecule has 17 heavy (non-hydrogen) atoms. The van der Waals surface area contributed by atoms with Crippen LogP contribution in [0.5, 0.6) is 0 Å². The summed E-state index contributed by atoms with van der Waals surface area (Å²) in [5.41, 5.74) is 6.61. The second-order valence-corrected chi connectivity index (χ2v) is 4.14. The molecule has 5 nitrogen and oxygen atoms in total. The number of rotatable bonds is 2. The lowest BCUT2D eigenvalue weighted by Gasteiger charge is -2.06. The third-order valence-corrected chi connectivity index (χ3v) is 2.73. The standard InChI is InChI=1S/C11H9BrN4O/c12-9-2-1-7(13)5-8(9)11(17)16-10-6-14-3-4-15-10/h1-6H,13H2,(H,15,16,17). The summed E-state index contributed by atoms with van der Waals surface area (Å²) in [6.45, 7) is 0. The molecule has 1 amide bonds. The number of nitrogen functional groups attached to an aromatic ring is 1. The van der Waals surface area contributed by atoms with Gasteiger partial charge < -0.3 is 11.1 Å². The minimum absolute atomic E-state index is 0.287. The molecule has 1 aromatic heterocycles. The molecule has 86 valence electrons. The van der Waals surface area contributed by atoms with Gasteiger partial charge >= 0.3 is 0 Å². The molecule has 0 radical (unpaired) electrons. The third kappa shape index (κ3) is 2.79. The van der Waals surface area contributed by atoms with Crippen molar-refractivity contribution < 1.29 is 4.79 Å². The van der Waals surface area contributed by atoms with Crippen molar-refractivity contribution in [3.63, 3.8) is 0 Å². The van der Waals surface area contributed by atoms with Crippen LogP contribution in [-0.2, 0) is 0 Å². The number of benzene rings is 1. The molecule has 0 spiro atoms. The number of nitrogens with zero attached hydrogens (tertiary/aromatic N) is 2. The number of carbonyl (C=O) groups is 1. The van der Waals surface area contributed by atoms with E-state index in [9.17, 15) is 4.79 Å². The number of halogens is 1. The Hall–Kier alpha value is -1.95. The fourth-order valence-corrected chi connectivity index (χ4v) is 1.69. The first kappa shape index (κ1) is 11.5. The Kier molecular flexibility index (Phi) is 3.34. The smallest absolute Gasteiger partial charge is 0.258 e. The Morgan fingerprint density at radius 2 is 2.18 bits per heavy atom. The lowest BCUT2D eigenvalue weighted by atomic mass is 10.2. The van der Waals surface area contributed by atoms with Gasteiger partial charge in [0.15, 0.2) is 5.82 Å². The number of anilines is 2. The Bertz CT molecular complexity index is 544. The van der Waals surface area contributed by atoms with E-state index in [1.165, 1.54) is 18.6 Å². The van der Waals surface area contributed by atoms with Crippen LogP contribution in [0.4, 0.5) is 11.5 Å². The minimum Gasteiger partial charge on any atom is -0.399 e. The number of amides is 1. The average molecular weight is 293 g/mol. The van der Waals surface area contributed by atoms with Gasteiger partial charge in [-0.15, -0.1) is 0 Å². The molecule has 0 bridgehead atoms. The maximum atomic E-state index is 11.9. The highest BCUT2D eigenvalue weighted by Crippen LogP contribution is 2.20. The van der Waals surface area contributed by atoms with Crippen LogP contribution in [-0.4, -0.2) is 15.9 Å². The van der Waals surface area contributed by atoms with Gasteiger partial charge in [-0.05, 0) is 34.1 Å². The number of hydrogen-bond acceptors (Lipinski definition) is 4. The topological polar surface area (TPSA) is 80.9 Å². The van der Waals surface area contributed by atoms with Gasteiger partial charge in [0.25, 0.3) is 5.91 Å². The van der Waals surface area contributed by atoms with Crippen LogP contribution in [0.3, 0.4) is 0 Å². The SMILES string of the molecule is Nc1ccc(Br)c(C(=O)Nc2cnccn2)c1. The van der Waals surface area contributed by atoms with Crippen molar-refractivity contribution in [2.75, 3.05) is 11.1 Å². The van der Waals surface area contributed by atoms with Crippen molar-refractivity contribution in [2.45, 2.75) is 0 Å². The molecule has 0 aliphatic carbocycles. The highest BCUT2D eigenvalue weighted by molar-refractivity contribution is 9.10. The molecule has 3 N–H and O–H groups in total. The molecule has 6 heteroatoms. The molecule has 0 fully saturated rings. The molecule has 0 aliphatic rings. The zero-order chi connectivity index (χ0) is 12.3. The molecule has 1 aromatic carbocycles. The summed E-state index contributed by atoms with van der Waals surface area (Å²) in [4.78, 5) is 19.7. The zero-order valence-electron chi connectivity index (χ0n) is 8.72. The fourth-order valence-electron chi connectivity index (χ4n) is 1.26. The Labute approximate surface area is 106 Å². The van der Waals surface area contributed by atoms with E-state index in [2.05, 4.69) is 31.2 Å². The Morgan fingerprint density at radius 1 is 1.35 bits per heavy atom. The van der Waals surface area contributed by atoms with Crippen LogP contribution in [0, 0.1) is 0 Å². The van der Waals surface area contributed by atoms with Crippen LogP contribution in [0.2, 0.25) is 0 Å². The summed E-state index contributed by atoms with van der Waals surface area (Å²) >= 11 is 3.29. The number of nitrogens with two attached hydrogens (primary N) is 1. The maximum absolute atomic E-state index is 11.9. The van der Waals surface area contributed by atoms with E-state index in [0.717, 1.165) is 0 Å². The summed E-state index contributed by atoms with van der Waals surface area (Å²) in [6, 6.07) is 5.03. The van der Waals surface area contributed by atoms with Gasteiger partial charge in [-0.3, -0.25) is 9.78 Å². The zero-order valence-corrected chi connectivity index (χ0v) is 10.3. The van der Waals surface area contributed by atoms with Crippen LogP contribution in [0.25, 0.3) is 0 Å². The Balaban J connectivity index is 2.23. The van der Waals surface area contributed by atoms with E-state index in [-0.39, 0.29) is 5.91 Å². The van der Waals surface area contributed by atoms with Crippen molar-refractivity contribution in [1.29, 1.82) is 0 Å². The minimum atomic E-state index is -0.287. The number of nitrogens with one attached hydrogen (secondary N) is 1. The van der Waals surface area contributed by atoms with Crippen LogP contribution in [0.15, 0.2) is 41.3 Å². The summed E-state index contributed by atoms with van der Waals surface area (Å²) in [5.74, 6) is 0.108. The van der Waals surface area contributed by atoms with Crippen molar-refractivity contribution in [3.05, 3.63) is 46.8 Å². The summed E-state index contributed by atoms with van der Waals surface area (Å²) in [5, 5.41) is 2.63. The largest absolute Gasteiger partial charge is 0.399 e. The molecular weight excluding hydrogens is 284 g/mol. The summed E-state index contributed by atoms with van der Waals surface area (Å²) < 4.78 is 0.674. The first-order valence-electron chi connectivity index (χ1n) is 4.79. The van der Waals surface area contributed by atoms with Crippen molar-refractivity contribution in [3.8, 4) is 0 Å². The molecule has 0 aliphatic heterocycles. The van der Waals surface area contributed by atoms with Gasteiger partial charge in [-0.2, -0.15) is 0 Å². The quantitative estimate of drug-likeness (QED) is 0.831. The van der Waals surface area contributed by atoms with Crippen LogP contribution >= 0.6 is 15.9 Å². The van der Waals surface area contributed by atoms with E-state index >= 15 is 0 Å². The fraction of sp³-hybridized carbons (Fsp3) is 0.